The van der Waals surface area contributed by atoms with Gasteiger partial charge >= 0.3 is 0 Å². The van der Waals surface area contributed by atoms with Crippen molar-refractivity contribution in [2.24, 2.45) is 0 Å². The number of carbonyl (C=O) groups is 1. The average Bonchev–Trinajstić information content (AvgIpc) is 2.93. The number of hydrogen-bond acceptors (Lipinski definition) is 2. The summed E-state index contributed by atoms with van der Waals surface area (Å²) in [5.41, 5.74) is 0.505. The van der Waals surface area contributed by atoms with Crippen LogP contribution < -0.4 is 0 Å². The Labute approximate surface area is 109 Å². The van der Waals surface area contributed by atoms with Crippen LogP contribution in [0.25, 0.3) is 0 Å². The first kappa shape index (κ1) is 13.2. The summed E-state index contributed by atoms with van der Waals surface area (Å²) in [6.07, 6.45) is 2.83. The van der Waals surface area contributed by atoms with E-state index in [0.29, 0.717) is 5.56 Å². The van der Waals surface area contributed by atoms with Crippen LogP contribution in [0.15, 0.2) is 30.6 Å². The van der Waals surface area contributed by atoms with Gasteiger partial charge in [0.25, 0.3) is 5.91 Å². The first-order chi connectivity index (χ1) is 9.00. The molecular weight excluding hydrogens is 252 g/mol. The number of rotatable bonds is 3. The van der Waals surface area contributed by atoms with Crippen LogP contribution in [0.1, 0.15) is 28.9 Å². The van der Waals surface area contributed by atoms with Crippen molar-refractivity contribution in [2.45, 2.75) is 13.0 Å². The molecule has 4 nitrogen and oxygen atoms in total. The molecule has 100 valence electrons. The third-order valence-corrected chi connectivity index (χ3v) is 3.05. The van der Waals surface area contributed by atoms with E-state index in [-0.39, 0.29) is 11.5 Å². The summed E-state index contributed by atoms with van der Waals surface area (Å²) >= 11 is 0. The number of aromatic nitrogens is 2. The molecule has 2 aromatic rings. The summed E-state index contributed by atoms with van der Waals surface area (Å²) in [7, 11) is 1.53. The molecule has 0 radical (unpaired) electrons. The van der Waals surface area contributed by atoms with E-state index in [1.807, 2.05) is 0 Å². The summed E-state index contributed by atoms with van der Waals surface area (Å²) in [4.78, 5) is 13.4. The second-order valence-electron chi connectivity index (χ2n) is 4.24. The third-order valence-electron chi connectivity index (χ3n) is 3.05. The smallest absolute Gasteiger partial charge is 0.257 e. The molecule has 0 spiro atoms. The molecule has 1 aromatic carbocycles. The Bertz CT molecular complexity index is 584. The van der Waals surface area contributed by atoms with Gasteiger partial charge in [0.2, 0.25) is 0 Å². The Morgan fingerprint density at radius 1 is 1.42 bits per heavy atom. The van der Waals surface area contributed by atoms with Crippen molar-refractivity contribution in [3.05, 3.63) is 53.4 Å². The van der Waals surface area contributed by atoms with E-state index in [9.17, 15) is 13.6 Å². The maximum absolute atomic E-state index is 13.7. The van der Waals surface area contributed by atoms with Crippen LogP contribution in [0.2, 0.25) is 0 Å². The molecule has 1 N–H and O–H groups in total. The lowest BCUT2D eigenvalue weighted by Gasteiger charge is -2.25. The third kappa shape index (κ3) is 2.62. The Hall–Kier alpha value is -2.24. The highest BCUT2D eigenvalue weighted by Gasteiger charge is 2.22. The van der Waals surface area contributed by atoms with E-state index >= 15 is 0 Å². The Kier molecular flexibility index (Phi) is 3.59. The highest BCUT2D eigenvalue weighted by Crippen LogP contribution is 2.23. The van der Waals surface area contributed by atoms with Crippen molar-refractivity contribution in [2.75, 3.05) is 7.05 Å². The highest BCUT2D eigenvalue weighted by atomic mass is 19.1. The Morgan fingerprint density at radius 2 is 2.16 bits per heavy atom. The van der Waals surface area contributed by atoms with Gasteiger partial charge in [-0.2, -0.15) is 5.10 Å². The molecule has 0 saturated heterocycles. The van der Waals surface area contributed by atoms with Crippen LogP contribution in [-0.4, -0.2) is 28.1 Å². The van der Waals surface area contributed by atoms with Gasteiger partial charge in [-0.1, -0.05) is 0 Å². The van der Waals surface area contributed by atoms with E-state index in [0.717, 1.165) is 18.2 Å². The van der Waals surface area contributed by atoms with Crippen molar-refractivity contribution < 1.29 is 13.6 Å². The van der Waals surface area contributed by atoms with Gasteiger partial charge in [0, 0.05) is 18.8 Å². The molecule has 0 fully saturated rings. The van der Waals surface area contributed by atoms with Crippen LogP contribution in [0.5, 0.6) is 0 Å². The number of H-pyrrole nitrogens is 1. The molecule has 0 bridgehead atoms. The monoisotopic (exact) mass is 265 g/mol. The van der Waals surface area contributed by atoms with Gasteiger partial charge in [-0.15, -0.1) is 0 Å². The van der Waals surface area contributed by atoms with Crippen molar-refractivity contribution in [3.8, 4) is 0 Å². The van der Waals surface area contributed by atoms with Crippen LogP contribution >= 0.6 is 0 Å². The van der Waals surface area contributed by atoms with Crippen LogP contribution in [-0.2, 0) is 0 Å². The number of hydrogen-bond donors (Lipinski definition) is 1. The number of benzene rings is 1. The molecule has 0 aliphatic carbocycles. The summed E-state index contributed by atoms with van der Waals surface area (Å²) in [5.74, 6) is -1.39. The van der Waals surface area contributed by atoms with E-state index in [1.165, 1.54) is 24.3 Å². The zero-order chi connectivity index (χ0) is 14.0. The quantitative estimate of drug-likeness (QED) is 0.927. The molecule has 1 unspecified atom stereocenters. The molecule has 2 rings (SSSR count). The van der Waals surface area contributed by atoms with E-state index in [2.05, 4.69) is 10.2 Å². The molecule has 1 aromatic heterocycles. The van der Waals surface area contributed by atoms with Gasteiger partial charge < -0.3 is 4.90 Å². The van der Waals surface area contributed by atoms with E-state index in [1.54, 1.807) is 6.92 Å². The predicted molar refractivity (Wildman–Crippen MR) is 65.5 cm³/mol. The van der Waals surface area contributed by atoms with Crippen LogP contribution in [0, 0.1) is 11.6 Å². The molecule has 1 amide bonds. The van der Waals surface area contributed by atoms with E-state index < -0.39 is 17.7 Å². The lowest BCUT2D eigenvalue weighted by molar-refractivity contribution is 0.0740. The molecule has 19 heavy (non-hydrogen) atoms. The summed E-state index contributed by atoms with van der Waals surface area (Å²) in [6.45, 7) is 1.63. The molecule has 6 heteroatoms. The summed E-state index contributed by atoms with van der Waals surface area (Å²) in [6, 6.07) is 2.61. The molecule has 0 aliphatic heterocycles. The van der Waals surface area contributed by atoms with Gasteiger partial charge in [0.15, 0.2) is 0 Å². The number of nitrogens with zero attached hydrogens (tertiary/aromatic N) is 2. The largest absolute Gasteiger partial charge is 0.335 e. The number of halogens is 2. The summed E-state index contributed by atoms with van der Waals surface area (Å²) < 4.78 is 26.8. The SMILES string of the molecule is CC(c1cc(F)ccc1F)N(C)C(=O)c1cn[nH]c1. The fourth-order valence-corrected chi connectivity index (χ4v) is 1.79. The minimum absolute atomic E-state index is 0.138. The van der Waals surface area contributed by atoms with Gasteiger partial charge in [-0.3, -0.25) is 9.89 Å². The van der Waals surface area contributed by atoms with E-state index in [4.69, 9.17) is 0 Å². The number of amides is 1. The fourth-order valence-electron chi connectivity index (χ4n) is 1.79. The van der Waals surface area contributed by atoms with Gasteiger partial charge in [0.1, 0.15) is 11.6 Å². The lowest BCUT2D eigenvalue weighted by Crippen LogP contribution is -2.30. The molecule has 1 atom stereocenters. The molecule has 1 heterocycles. The number of aromatic amines is 1. The van der Waals surface area contributed by atoms with Gasteiger partial charge in [-0.25, -0.2) is 8.78 Å². The van der Waals surface area contributed by atoms with Crippen molar-refractivity contribution >= 4 is 5.91 Å². The predicted octanol–water partition coefficient (Wildman–Crippen LogP) is 2.52. The zero-order valence-electron chi connectivity index (χ0n) is 10.5. The highest BCUT2D eigenvalue weighted by molar-refractivity contribution is 5.93. The fraction of sp³-hybridized carbons (Fsp3) is 0.231. The first-order valence-corrected chi connectivity index (χ1v) is 5.71. The van der Waals surface area contributed by atoms with Crippen molar-refractivity contribution in [3.63, 3.8) is 0 Å². The second-order valence-corrected chi connectivity index (χ2v) is 4.24. The Morgan fingerprint density at radius 3 is 2.79 bits per heavy atom. The van der Waals surface area contributed by atoms with Gasteiger partial charge in [-0.05, 0) is 25.1 Å². The van der Waals surface area contributed by atoms with Crippen molar-refractivity contribution in [1.29, 1.82) is 0 Å². The lowest BCUT2D eigenvalue weighted by atomic mass is 10.1. The van der Waals surface area contributed by atoms with Crippen LogP contribution in [0.3, 0.4) is 0 Å². The average molecular weight is 265 g/mol. The topological polar surface area (TPSA) is 49.0 Å². The van der Waals surface area contributed by atoms with Gasteiger partial charge in [0.05, 0.1) is 17.8 Å². The molecular formula is C13H13F2N3O. The summed E-state index contributed by atoms with van der Waals surface area (Å²) in [5, 5.41) is 6.22. The maximum atomic E-state index is 13.7. The number of carbonyl (C=O) groups excluding carboxylic acids is 1. The maximum Gasteiger partial charge on any atom is 0.257 e. The Balaban J connectivity index is 2.26. The molecule has 0 saturated carbocycles. The molecule has 0 aliphatic rings. The minimum Gasteiger partial charge on any atom is -0.335 e. The standard InChI is InChI=1S/C13H13F2N3O/c1-8(11-5-10(14)3-4-12(11)15)18(2)13(19)9-6-16-17-7-9/h3-8H,1-2H3,(H,16,17). The van der Waals surface area contributed by atoms with Crippen LogP contribution in [0.4, 0.5) is 8.78 Å². The normalized spacial score (nSPS) is 12.2. The second kappa shape index (κ2) is 5.17. The number of nitrogens with one attached hydrogen (secondary N) is 1. The first-order valence-electron chi connectivity index (χ1n) is 5.71. The zero-order valence-corrected chi connectivity index (χ0v) is 10.5. The van der Waals surface area contributed by atoms with Crippen molar-refractivity contribution in [1.82, 2.24) is 15.1 Å². The minimum atomic E-state index is -0.585.